The van der Waals surface area contributed by atoms with Crippen LogP contribution in [0, 0.1) is 12.8 Å². The van der Waals surface area contributed by atoms with Crippen molar-refractivity contribution in [1.29, 1.82) is 0 Å². The highest BCUT2D eigenvalue weighted by molar-refractivity contribution is 7.91. The van der Waals surface area contributed by atoms with Crippen LogP contribution in [-0.2, 0) is 15.9 Å². The molecule has 1 saturated carbocycles. The predicted octanol–water partition coefficient (Wildman–Crippen LogP) is 4.14. The third-order valence-corrected chi connectivity index (χ3v) is 8.91. The van der Waals surface area contributed by atoms with Gasteiger partial charge in [-0.05, 0) is 50.2 Å². The molecule has 118 valence electrons. The highest BCUT2D eigenvalue weighted by Crippen LogP contribution is 2.39. The number of aryl methyl sites for hydroxylation is 1. The van der Waals surface area contributed by atoms with E-state index in [9.17, 15) is 8.42 Å². The van der Waals surface area contributed by atoms with Crippen LogP contribution in [0.2, 0.25) is 0 Å². The molecule has 2 heterocycles. The van der Waals surface area contributed by atoms with Crippen LogP contribution in [0.5, 0.6) is 0 Å². The fourth-order valence-corrected chi connectivity index (χ4v) is 7.44. The molecule has 3 rings (SSSR count). The van der Waals surface area contributed by atoms with Gasteiger partial charge in [0.15, 0.2) is 0 Å². The van der Waals surface area contributed by atoms with Crippen molar-refractivity contribution in [1.82, 2.24) is 4.31 Å². The van der Waals surface area contributed by atoms with Gasteiger partial charge in [-0.3, -0.25) is 0 Å². The molecule has 1 unspecified atom stereocenters. The van der Waals surface area contributed by atoms with E-state index in [0.717, 1.165) is 23.3 Å². The molecule has 6 heteroatoms. The molecule has 0 N–H and O–H groups in total. The summed E-state index contributed by atoms with van der Waals surface area (Å²) in [4.78, 5) is 0.965. The van der Waals surface area contributed by atoms with E-state index in [2.05, 4.69) is 0 Å². The molecule has 1 aliphatic carbocycles. The standard InChI is InChI=1S/C15H22ClNO2S2/c1-11-9-15(20-14(11)10-16)21(18,19)17-8-4-7-13(17)12-5-2-3-6-12/h9,12-13H,2-8,10H2,1H3. The lowest BCUT2D eigenvalue weighted by Gasteiger charge is -2.28. The third-order valence-electron chi connectivity index (χ3n) is 4.87. The van der Waals surface area contributed by atoms with Crippen LogP contribution in [0.4, 0.5) is 0 Å². The van der Waals surface area contributed by atoms with Crippen LogP contribution in [0.1, 0.15) is 49.0 Å². The molecule has 1 aromatic heterocycles. The van der Waals surface area contributed by atoms with Gasteiger partial charge in [0, 0.05) is 17.5 Å². The normalized spacial score (nSPS) is 25.0. The minimum Gasteiger partial charge on any atom is -0.206 e. The molecule has 1 saturated heterocycles. The Labute approximate surface area is 136 Å². The highest BCUT2D eigenvalue weighted by atomic mass is 35.5. The summed E-state index contributed by atoms with van der Waals surface area (Å²) in [5, 5.41) is 0. The quantitative estimate of drug-likeness (QED) is 0.767. The summed E-state index contributed by atoms with van der Waals surface area (Å²) in [5.74, 6) is 0.953. The van der Waals surface area contributed by atoms with Gasteiger partial charge in [0.2, 0.25) is 0 Å². The van der Waals surface area contributed by atoms with Crippen LogP contribution in [0.15, 0.2) is 10.3 Å². The summed E-state index contributed by atoms with van der Waals surface area (Å²) < 4.78 is 28.2. The second-order valence-electron chi connectivity index (χ2n) is 6.18. The Balaban J connectivity index is 1.89. The van der Waals surface area contributed by atoms with Crippen LogP contribution >= 0.6 is 22.9 Å². The van der Waals surface area contributed by atoms with Crippen molar-refractivity contribution in [2.45, 2.75) is 61.6 Å². The Hall–Kier alpha value is -0.100. The molecule has 0 aromatic carbocycles. The van der Waals surface area contributed by atoms with E-state index >= 15 is 0 Å². The van der Waals surface area contributed by atoms with Crippen molar-refractivity contribution in [2.75, 3.05) is 6.54 Å². The van der Waals surface area contributed by atoms with Gasteiger partial charge in [-0.2, -0.15) is 4.31 Å². The number of alkyl halides is 1. The zero-order valence-corrected chi connectivity index (χ0v) is 14.7. The summed E-state index contributed by atoms with van der Waals surface area (Å²) in [6, 6.07) is 2.02. The van der Waals surface area contributed by atoms with Crippen LogP contribution < -0.4 is 0 Å². The lowest BCUT2D eigenvalue weighted by Crippen LogP contribution is -2.39. The van der Waals surface area contributed by atoms with E-state index in [4.69, 9.17) is 11.6 Å². The molecule has 1 atom stereocenters. The van der Waals surface area contributed by atoms with E-state index in [1.165, 1.54) is 37.0 Å². The number of hydrogen-bond donors (Lipinski definition) is 0. The Bertz CT molecular complexity index is 605. The fourth-order valence-electron chi connectivity index (χ4n) is 3.74. The maximum absolute atomic E-state index is 13.0. The van der Waals surface area contributed by atoms with E-state index in [1.54, 1.807) is 10.4 Å². The minimum atomic E-state index is -3.34. The summed E-state index contributed by atoms with van der Waals surface area (Å²) in [5.41, 5.74) is 0.991. The molecule has 0 amide bonds. The molecule has 3 nitrogen and oxygen atoms in total. The number of hydrogen-bond acceptors (Lipinski definition) is 3. The van der Waals surface area contributed by atoms with Gasteiger partial charge in [0.05, 0.1) is 5.88 Å². The highest BCUT2D eigenvalue weighted by Gasteiger charge is 2.40. The first-order chi connectivity index (χ1) is 10.0. The number of halogens is 1. The van der Waals surface area contributed by atoms with Crippen molar-refractivity contribution < 1.29 is 8.42 Å². The van der Waals surface area contributed by atoms with Gasteiger partial charge in [0.25, 0.3) is 10.0 Å². The largest absolute Gasteiger partial charge is 0.252 e. The maximum atomic E-state index is 13.0. The lowest BCUT2D eigenvalue weighted by atomic mass is 9.97. The lowest BCUT2D eigenvalue weighted by molar-refractivity contribution is 0.289. The molecule has 1 aliphatic heterocycles. The van der Waals surface area contributed by atoms with E-state index < -0.39 is 10.0 Å². The van der Waals surface area contributed by atoms with Crippen LogP contribution in [0.3, 0.4) is 0 Å². The first kappa shape index (κ1) is 15.8. The molecule has 2 fully saturated rings. The van der Waals surface area contributed by atoms with Gasteiger partial charge in [0.1, 0.15) is 4.21 Å². The number of thiophene rings is 1. The van der Waals surface area contributed by atoms with E-state index in [1.807, 2.05) is 6.92 Å². The monoisotopic (exact) mass is 347 g/mol. The van der Waals surface area contributed by atoms with Crippen LogP contribution in [0.25, 0.3) is 0 Å². The first-order valence-electron chi connectivity index (χ1n) is 7.71. The van der Waals surface area contributed by atoms with E-state index in [-0.39, 0.29) is 6.04 Å². The predicted molar refractivity (Wildman–Crippen MR) is 87.5 cm³/mol. The summed E-state index contributed by atoms with van der Waals surface area (Å²) >= 11 is 7.23. The third kappa shape index (κ3) is 2.90. The Morgan fingerprint density at radius 2 is 2.00 bits per heavy atom. The van der Waals surface area contributed by atoms with Gasteiger partial charge < -0.3 is 0 Å². The average Bonchev–Trinajstić information content (AvgIpc) is 3.18. The molecule has 0 radical (unpaired) electrons. The van der Waals surface area contributed by atoms with Gasteiger partial charge in [-0.15, -0.1) is 22.9 Å². The maximum Gasteiger partial charge on any atom is 0.252 e. The SMILES string of the molecule is Cc1cc(S(=O)(=O)N2CCCC2C2CCCC2)sc1CCl. The van der Waals surface area contributed by atoms with Gasteiger partial charge >= 0.3 is 0 Å². The number of sulfonamides is 1. The average molecular weight is 348 g/mol. The molecule has 2 aliphatic rings. The Morgan fingerprint density at radius 3 is 2.62 bits per heavy atom. The number of nitrogens with zero attached hydrogens (tertiary/aromatic N) is 1. The van der Waals surface area contributed by atoms with Crippen molar-refractivity contribution in [3.05, 3.63) is 16.5 Å². The van der Waals surface area contributed by atoms with E-state index in [0.29, 0.717) is 22.6 Å². The second-order valence-corrected chi connectivity index (χ2v) is 9.70. The van der Waals surface area contributed by atoms with Crippen molar-refractivity contribution in [3.8, 4) is 0 Å². The van der Waals surface area contributed by atoms with Gasteiger partial charge in [-0.25, -0.2) is 8.42 Å². The molecular weight excluding hydrogens is 326 g/mol. The minimum absolute atomic E-state index is 0.222. The summed E-state index contributed by atoms with van der Waals surface area (Å²) in [7, 11) is -3.34. The van der Waals surface area contributed by atoms with Crippen LogP contribution in [-0.4, -0.2) is 25.3 Å². The topological polar surface area (TPSA) is 37.4 Å². The zero-order chi connectivity index (χ0) is 15.0. The fraction of sp³-hybridized carbons (Fsp3) is 0.733. The summed E-state index contributed by atoms with van der Waals surface area (Å²) in [6.07, 6.45) is 6.90. The number of rotatable bonds is 4. The molecule has 0 spiro atoms. The molecule has 0 bridgehead atoms. The first-order valence-corrected chi connectivity index (χ1v) is 10.5. The van der Waals surface area contributed by atoms with Crippen molar-refractivity contribution >= 4 is 33.0 Å². The second kappa shape index (κ2) is 6.19. The molecule has 21 heavy (non-hydrogen) atoms. The summed E-state index contributed by atoms with van der Waals surface area (Å²) in [6.45, 7) is 2.61. The Kier molecular flexibility index (Phi) is 4.65. The Morgan fingerprint density at radius 1 is 1.29 bits per heavy atom. The van der Waals surface area contributed by atoms with Crippen molar-refractivity contribution in [2.24, 2.45) is 5.92 Å². The zero-order valence-electron chi connectivity index (χ0n) is 12.3. The van der Waals surface area contributed by atoms with Crippen molar-refractivity contribution in [3.63, 3.8) is 0 Å². The molecular formula is C15H22ClNO2S2. The smallest absolute Gasteiger partial charge is 0.206 e. The van der Waals surface area contributed by atoms with Gasteiger partial charge in [-0.1, -0.05) is 12.8 Å². The molecule has 1 aromatic rings.